The fourth-order valence-corrected chi connectivity index (χ4v) is 2.77. The first-order valence-electron chi connectivity index (χ1n) is 7.63. The third-order valence-electron chi connectivity index (χ3n) is 3.80. The van der Waals surface area contributed by atoms with E-state index in [-0.39, 0.29) is 24.3 Å². The highest BCUT2D eigenvalue weighted by atomic mass is 35.5. The van der Waals surface area contributed by atoms with E-state index in [0.717, 1.165) is 0 Å². The monoisotopic (exact) mass is 369 g/mol. The Morgan fingerprint density at radius 3 is 2.79 bits per heavy atom. The SMILES string of the molecule is CC(C)c1noc(C2CN(C(=O)COc3ccc(Cl)cc3Cl)C2)n1. The Morgan fingerprint density at radius 2 is 2.17 bits per heavy atom. The third-order valence-corrected chi connectivity index (χ3v) is 4.33. The number of nitrogens with zero attached hydrogens (tertiary/aromatic N) is 3. The van der Waals surface area contributed by atoms with Gasteiger partial charge in [-0.1, -0.05) is 42.2 Å². The third kappa shape index (κ3) is 3.65. The van der Waals surface area contributed by atoms with Crippen LogP contribution in [-0.4, -0.2) is 40.6 Å². The molecule has 0 saturated carbocycles. The summed E-state index contributed by atoms with van der Waals surface area (Å²) >= 11 is 11.8. The first kappa shape index (κ1) is 17.0. The minimum atomic E-state index is -0.110. The largest absolute Gasteiger partial charge is 0.482 e. The minimum Gasteiger partial charge on any atom is -0.482 e. The summed E-state index contributed by atoms with van der Waals surface area (Å²) in [5, 5.41) is 4.84. The summed E-state index contributed by atoms with van der Waals surface area (Å²) in [6.07, 6.45) is 0. The van der Waals surface area contributed by atoms with E-state index in [1.165, 1.54) is 0 Å². The molecule has 0 spiro atoms. The number of hydrogen-bond acceptors (Lipinski definition) is 5. The van der Waals surface area contributed by atoms with E-state index in [1.54, 1.807) is 23.1 Å². The number of hydrogen-bond donors (Lipinski definition) is 0. The molecule has 6 nitrogen and oxygen atoms in total. The Balaban J connectivity index is 1.49. The van der Waals surface area contributed by atoms with E-state index in [1.807, 2.05) is 13.8 Å². The van der Waals surface area contributed by atoms with E-state index < -0.39 is 0 Å². The van der Waals surface area contributed by atoms with Gasteiger partial charge in [-0.3, -0.25) is 4.79 Å². The van der Waals surface area contributed by atoms with Crippen molar-refractivity contribution >= 4 is 29.1 Å². The number of aromatic nitrogens is 2. The zero-order chi connectivity index (χ0) is 17.3. The second-order valence-corrected chi connectivity index (χ2v) is 6.85. The smallest absolute Gasteiger partial charge is 0.260 e. The quantitative estimate of drug-likeness (QED) is 0.806. The Labute approximate surface area is 149 Å². The summed E-state index contributed by atoms with van der Waals surface area (Å²) < 4.78 is 10.7. The van der Waals surface area contributed by atoms with Crippen molar-refractivity contribution in [2.75, 3.05) is 19.7 Å². The molecule has 1 saturated heterocycles. The zero-order valence-electron chi connectivity index (χ0n) is 13.3. The zero-order valence-corrected chi connectivity index (χ0v) is 14.8. The summed E-state index contributed by atoms with van der Waals surface area (Å²) in [5.74, 6) is 1.91. The lowest BCUT2D eigenvalue weighted by Gasteiger charge is -2.36. The first-order chi connectivity index (χ1) is 11.4. The maximum Gasteiger partial charge on any atom is 0.260 e. The molecule has 0 unspecified atom stereocenters. The highest BCUT2D eigenvalue weighted by molar-refractivity contribution is 6.35. The number of carbonyl (C=O) groups is 1. The van der Waals surface area contributed by atoms with Gasteiger partial charge in [0.2, 0.25) is 5.89 Å². The normalized spacial score (nSPS) is 14.8. The van der Waals surface area contributed by atoms with Crippen LogP contribution in [0.25, 0.3) is 0 Å². The molecule has 0 N–H and O–H groups in total. The van der Waals surface area contributed by atoms with E-state index >= 15 is 0 Å². The van der Waals surface area contributed by atoms with Gasteiger partial charge in [-0.25, -0.2) is 0 Å². The Kier molecular flexibility index (Phi) is 4.96. The van der Waals surface area contributed by atoms with Crippen molar-refractivity contribution < 1.29 is 14.1 Å². The molecule has 1 aliphatic heterocycles. The van der Waals surface area contributed by atoms with Gasteiger partial charge in [0.25, 0.3) is 5.91 Å². The van der Waals surface area contributed by atoms with Gasteiger partial charge in [-0.05, 0) is 18.2 Å². The highest BCUT2D eigenvalue weighted by Gasteiger charge is 2.35. The predicted molar refractivity (Wildman–Crippen MR) is 89.7 cm³/mol. The summed E-state index contributed by atoms with van der Waals surface area (Å²) in [7, 11) is 0. The molecule has 1 aromatic heterocycles. The van der Waals surface area contributed by atoms with Crippen molar-refractivity contribution in [1.82, 2.24) is 15.0 Å². The lowest BCUT2D eigenvalue weighted by atomic mass is 10.00. The Bertz CT molecular complexity index is 742. The first-order valence-corrected chi connectivity index (χ1v) is 8.38. The number of rotatable bonds is 5. The number of carbonyl (C=O) groups excluding carboxylic acids is 1. The molecule has 0 radical (unpaired) electrons. The van der Waals surface area contributed by atoms with Crippen LogP contribution in [0.4, 0.5) is 0 Å². The van der Waals surface area contributed by atoms with Crippen LogP contribution in [0.5, 0.6) is 5.75 Å². The van der Waals surface area contributed by atoms with Gasteiger partial charge in [0.1, 0.15) is 5.75 Å². The van der Waals surface area contributed by atoms with Crippen LogP contribution >= 0.6 is 23.2 Å². The topological polar surface area (TPSA) is 68.5 Å². The summed E-state index contributed by atoms with van der Waals surface area (Å²) in [5.41, 5.74) is 0. The highest BCUT2D eigenvalue weighted by Crippen LogP contribution is 2.29. The van der Waals surface area contributed by atoms with Gasteiger partial charge in [-0.2, -0.15) is 4.98 Å². The van der Waals surface area contributed by atoms with Crippen molar-refractivity contribution in [2.45, 2.75) is 25.7 Å². The van der Waals surface area contributed by atoms with Crippen LogP contribution in [0.1, 0.15) is 37.4 Å². The summed E-state index contributed by atoms with van der Waals surface area (Å²) in [4.78, 5) is 18.2. The molecule has 2 heterocycles. The molecule has 0 bridgehead atoms. The van der Waals surface area contributed by atoms with Crippen LogP contribution in [0.2, 0.25) is 10.0 Å². The Hall–Kier alpha value is -1.79. The number of likely N-dealkylation sites (tertiary alicyclic amines) is 1. The standard InChI is InChI=1S/C16H17Cl2N3O3/c1-9(2)15-19-16(24-20-15)10-6-21(7-10)14(22)8-23-13-4-3-11(17)5-12(13)18/h3-5,9-10H,6-8H2,1-2H3. The molecule has 24 heavy (non-hydrogen) atoms. The van der Waals surface area contributed by atoms with Crippen molar-refractivity contribution in [3.05, 3.63) is 40.0 Å². The number of ether oxygens (including phenoxy) is 1. The van der Waals surface area contributed by atoms with Gasteiger partial charge in [0, 0.05) is 24.0 Å². The molecular formula is C16H17Cl2N3O3. The summed E-state index contributed by atoms with van der Waals surface area (Å²) in [6, 6.07) is 4.88. The average Bonchev–Trinajstić information content (AvgIpc) is 2.94. The molecule has 1 aromatic carbocycles. The minimum absolute atomic E-state index is 0.0743. The van der Waals surface area contributed by atoms with Crippen molar-refractivity contribution in [2.24, 2.45) is 0 Å². The number of amides is 1. The van der Waals surface area contributed by atoms with Crippen molar-refractivity contribution in [3.8, 4) is 5.75 Å². The lowest BCUT2D eigenvalue weighted by molar-refractivity contribution is -0.138. The van der Waals surface area contributed by atoms with Gasteiger partial charge in [0.15, 0.2) is 12.4 Å². The fraction of sp³-hybridized carbons (Fsp3) is 0.438. The second-order valence-electron chi connectivity index (χ2n) is 6.00. The Morgan fingerprint density at radius 1 is 1.42 bits per heavy atom. The van der Waals surface area contributed by atoms with E-state index in [2.05, 4.69) is 10.1 Å². The number of halogens is 2. The molecule has 0 atom stereocenters. The maximum absolute atomic E-state index is 12.1. The van der Waals surface area contributed by atoms with Crippen LogP contribution in [0.15, 0.2) is 22.7 Å². The van der Waals surface area contributed by atoms with E-state index in [0.29, 0.717) is 40.6 Å². The summed E-state index contributed by atoms with van der Waals surface area (Å²) in [6.45, 7) is 5.04. The number of benzene rings is 1. The maximum atomic E-state index is 12.1. The van der Waals surface area contributed by atoms with Crippen molar-refractivity contribution in [1.29, 1.82) is 0 Å². The van der Waals surface area contributed by atoms with Crippen LogP contribution in [0.3, 0.4) is 0 Å². The molecule has 1 aliphatic rings. The fourth-order valence-electron chi connectivity index (χ4n) is 2.31. The molecule has 8 heteroatoms. The lowest BCUT2D eigenvalue weighted by Crippen LogP contribution is -2.50. The molecular weight excluding hydrogens is 353 g/mol. The van der Waals surface area contributed by atoms with Gasteiger partial charge in [-0.15, -0.1) is 0 Å². The van der Waals surface area contributed by atoms with Crippen molar-refractivity contribution in [3.63, 3.8) is 0 Å². The van der Waals surface area contributed by atoms with Crippen LogP contribution in [-0.2, 0) is 4.79 Å². The average molecular weight is 370 g/mol. The van der Waals surface area contributed by atoms with E-state index in [9.17, 15) is 4.79 Å². The molecule has 0 aliphatic carbocycles. The van der Waals surface area contributed by atoms with Gasteiger partial charge in [0.05, 0.1) is 10.9 Å². The predicted octanol–water partition coefficient (Wildman–Crippen LogP) is 3.50. The molecule has 2 aromatic rings. The van der Waals surface area contributed by atoms with Gasteiger partial charge >= 0.3 is 0 Å². The molecule has 128 valence electrons. The molecule has 1 fully saturated rings. The van der Waals surface area contributed by atoms with Gasteiger partial charge < -0.3 is 14.2 Å². The van der Waals surface area contributed by atoms with Crippen LogP contribution < -0.4 is 4.74 Å². The van der Waals surface area contributed by atoms with Crippen LogP contribution in [0, 0.1) is 0 Å². The van der Waals surface area contributed by atoms with E-state index in [4.69, 9.17) is 32.5 Å². The molecule has 1 amide bonds. The second kappa shape index (κ2) is 6.99. The molecule has 3 rings (SSSR count).